The van der Waals surface area contributed by atoms with E-state index >= 15 is 0 Å². The van der Waals surface area contributed by atoms with Gasteiger partial charge in [0.15, 0.2) is 0 Å². The molecule has 0 aromatic heterocycles. The van der Waals surface area contributed by atoms with Gasteiger partial charge in [-0.1, -0.05) is 0 Å². The third kappa shape index (κ3) is 2.90. The largest absolute Gasteiger partial charge is 0.476 e. The number of alkyl halides is 1. The molecule has 96 valence electrons. The van der Waals surface area contributed by atoms with Crippen LogP contribution in [0.4, 0.5) is 10.1 Å². The van der Waals surface area contributed by atoms with Crippen LogP contribution >= 0.6 is 0 Å². The van der Waals surface area contributed by atoms with Gasteiger partial charge in [0.2, 0.25) is 11.7 Å². The zero-order valence-corrected chi connectivity index (χ0v) is 8.70. The van der Waals surface area contributed by atoms with Crippen LogP contribution in [0.25, 0.3) is 0 Å². The van der Waals surface area contributed by atoms with Crippen LogP contribution in [-0.4, -0.2) is 28.3 Å². The lowest BCUT2D eigenvalue weighted by atomic mass is 10.2. The van der Waals surface area contributed by atoms with Crippen molar-refractivity contribution < 1.29 is 28.7 Å². The Bertz CT molecular complexity index is 518. The highest BCUT2D eigenvalue weighted by Crippen LogP contribution is 2.29. The maximum absolute atomic E-state index is 12.8. The Morgan fingerprint density at radius 2 is 2.11 bits per heavy atom. The molecule has 1 amide bonds. The van der Waals surface area contributed by atoms with Gasteiger partial charge in [-0.05, 0) is 12.1 Å². The number of primary amides is 1. The van der Waals surface area contributed by atoms with Gasteiger partial charge in [0, 0.05) is 11.6 Å². The normalized spacial score (nSPS) is 11.6. The van der Waals surface area contributed by atoms with E-state index in [-0.39, 0.29) is 5.56 Å². The van der Waals surface area contributed by atoms with Crippen molar-refractivity contribution in [2.45, 2.75) is 6.36 Å². The summed E-state index contributed by atoms with van der Waals surface area (Å²) in [5.41, 5.74) is 3.98. The molecule has 9 heteroatoms. The number of hydrogen-bond donors (Lipinski definition) is 2. The molecular weight excluding hydrogens is 251 g/mol. The van der Waals surface area contributed by atoms with E-state index in [1.54, 1.807) is 0 Å². The molecule has 0 aliphatic carbocycles. The Morgan fingerprint density at radius 1 is 1.50 bits per heavy atom. The first kappa shape index (κ1) is 13.4. The number of carboxylic acid groups (broad SMARTS) is 1. The number of halogens is 1. The van der Waals surface area contributed by atoms with Crippen molar-refractivity contribution in [1.82, 2.24) is 0 Å². The number of nitrogens with zero attached hydrogens (tertiary/aromatic N) is 1. The summed E-state index contributed by atoms with van der Waals surface area (Å²) in [7, 11) is 0. The van der Waals surface area contributed by atoms with Crippen molar-refractivity contribution in [3.63, 3.8) is 0 Å². The molecule has 0 aliphatic rings. The second kappa shape index (κ2) is 5.08. The Labute approximate surface area is 98.9 Å². The third-order valence-electron chi connectivity index (χ3n) is 1.86. The number of nitrogens with two attached hydrogens (primary N) is 1. The lowest BCUT2D eigenvalue weighted by Gasteiger charge is -2.08. The SMILES string of the molecule is NC(=O)c1ccc(OC(F)C(=O)O)c([N+](=O)[O-])c1. The summed E-state index contributed by atoms with van der Waals surface area (Å²) >= 11 is 0. The average Bonchev–Trinajstić information content (AvgIpc) is 2.28. The molecular formula is C9H7FN2O6. The molecule has 0 saturated carbocycles. The van der Waals surface area contributed by atoms with Crippen LogP contribution in [0.5, 0.6) is 5.75 Å². The molecule has 1 atom stereocenters. The van der Waals surface area contributed by atoms with Crippen molar-refractivity contribution in [1.29, 1.82) is 0 Å². The summed E-state index contributed by atoms with van der Waals surface area (Å²) in [6, 6.07) is 2.72. The fourth-order valence-electron chi connectivity index (χ4n) is 1.07. The summed E-state index contributed by atoms with van der Waals surface area (Å²) < 4.78 is 17.0. The molecule has 0 saturated heterocycles. The van der Waals surface area contributed by atoms with Gasteiger partial charge in [-0.2, -0.15) is 4.39 Å². The van der Waals surface area contributed by atoms with Crippen molar-refractivity contribution in [3.05, 3.63) is 33.9 Å². The molecule has 1 aromatic rings. The predicted molar refractivity (Wildman–Crippen MR) is 54.8 cm³/mol. The smallest absolute Gasteiger partial charge is 0.378 e. The van der Waals surface area contributed by atoms with Crippen LogP contribution in [0, 0.1) is 10.1 Å². The van der Waals surface area contributed by atoms with Gasteiger partial charge in [0.05, 0.1) is 4.92 Å². The topological polar surface area (TPSA) is 133 Å². The minimum atomic E-state index is -2.75. The zero-order valence-electron chi connectivity index (χ0n) is 8.70. The predicted octanol–water partition coefficient (Wildman–Crippen LogP) is 0.453. The Hall–Kier alpha value is -2.71. The van der Waals surface area contributed by atoms with Crippen LogP contribution in [0.1, 0.15) is 10.4 Å². The highest BCUT2D eigenvalue weighted by Gasteiger charge is 2.24. The van der Waals surface area contributed by atoms with Gasteiger partial charge < -0.3 is 15.6 Å². The number of carbonyl (C=O) groups is 2. The number of rotatable bonds is 5. The van der Waals surface area contributed by atoms with Gasteiger partial charge in [-0.25, -0.2) is 4.79 Å². The number of nitro groups is 1. The first-order valence-corrected chi connectivity index (χ1v) is 4.44. The minimum absolute atomic E-state index is 0.181. The number of ether oxygens (including phenoxy) is 1. The maximum atomic E-state index is 12.8. The second-order valence-electron chi connectivity index (χ2n) is 3.08. The summed E-state index contributed by atoms with van der Waals surface area (Å²) in [6.07, 6.45) is -2.75. The second-order valence-corrected chi connectivity index (χ2v) is 3.08. The summed E-state index contributed by atoms with van der Waals surface area (Å²) in [5.74, 6) is -3.46. The quantitative estimate of drug-likeness (QED) is 0.581. The van der Waals surface area contributed by atoms with Crippen molar-refractivity contribution in [2.24, 2.45) is 5.73 Å². The van der Waals surface area contributed by atoms with Crippen LogP contribution in [0.15, 0.2) is 18.2 Å². The van der Waals surface area contributed by atoms with E-state index < -0.39 is 34.6 Å². The van der Waals surface area contributed by atoms with Gasteiger partial charge in [-0.3, -0.25) is 14.9 Å². The number of aliphatic carboxylic acids is 1. The van der Waals surface area contributed by atoms with Crippen LogP contribution in [0.3, 0.4) is 0 Å². The molecule has 0 aliphatic heterocycles. The van der Waals surface area contributed by atoms with E-state index in [1.807, 2.05) is 0 Å². The number of carbonyl (C=O) groups excluding carboxylic acids is 1. The first-order chi connectivity index (χ1) is 8.32. The van der Waals surface area contributed by atoms with E-state index in [1.165, 1.54) is 0 Å². The van der Waals surface area contributed by atoms with Gasteiger partial charge >= 0.3 is 18.0 Å². The van der Waals surface area contributed by atoms with E-state index in [4.69, 9.17) is 10.8 Å². The summed E-state index contributed by atoms with van der Waals surface area (Å²) in [5, 5.41) is 18.9. The van der Waals surface area contributed by atoms with Crippen molar-refractivity contribution in [2.75, 3.05) is 0 Å². The molecule has 0 bridgehead atoms. The molecule has 0 spiro atoms. The number of nitro benzene ring substituents is 1. The Morgan fingerprint density at radius 3 is 2.56 bits per heavy atom. The Kier molecular flexibility index (Phi) is 3.77. The van der Waals surface area contributed by atoms with E-state index in [0.717, 1.165) is 18.2 Å². The monoisotopic (exact) mass is 258 g/mol. The molecule has 18 heavy (non-hydrogen) atoms. The highest BCUT2D eigenvalue weighted by atomic mass is 19.1. The fourth-order valence-corrected chi connectivity index (χ4v) is 1.07. The molecule has 8 nitrogen and oxygen atoms in total. The first-order valence-electron chi connectivity index (χ1n) is 4.44. The Balaban J connectivity index is 3.16. The van der Waals surface area contributed by atoms with Crippen LogP contribution in [-0.2, 0) is 4.79 Å². The van der Waals surface area contributed by atoms with Crippen LogP contribution < -0.4 is 10.5 Å². The average molecular weight is 258 g/mol. The van der Waals surface area contributed by atoms with Gasteiger partial charge in [0.25, 0.3) is 0 Å². The minimum Gasteiger partial charge on any atom is -0.476 e. The molecule has 1 unspecified atom stereocenters. The summed E-state index contributed by atoms with van der Waals surface area (Å²) in [6.45, 7) is 0. The lowest BCUT2D eigenvalue weighted by Crippen LogP contribution is -2.22. The van der Waals surface area contributed by atoms with Crippen molar-refractivity contribution >= 4 is 17.6 Å². The van der Waals surface area contributed by atoms with E-state index in [9.17, 15) is 24.1 Å². The van der Waals surface area contributed by atoms with Crippen molar-refractivity contribution in [3.8, 4) is 5.75 Å². The third-order valence-corrected chi connectivity index (χ3v) is 1.86. The lowest BCUT2D eigenvalue weighted by molar-refractivity contribution is -0.386. The maximum Gasteiger partial charge on any atom is 0.378 e. The van der Waals surface area contributed by atoms with Crippen LogP contribution in [0.2, 0.25) is 0 Å². The highest BCUT2D eigenvalue weighted by molar-refractivity contribution is 5.93. The fraction of sp³-hybridized carbons (Fsp3) is 0.111. The molecule has 0 fully saturated rings. The number of benzene rings is 1. The molecule has 0 heterocycles. The molecule has 1 aromatic carbocycles. The van der Waals surface area contributed by atoms with Gasteiger partial charge in [-0.15, -0.1) is 0 Å². The van der Waals surface area contributed by atoms with E-state index in [0.29, 0.717) is 0 Å². The zero-order chi connectivity index (χ0) is 13.9. The van der Waals surface area contributed by atoms with E-state index in [2.05, 4.69) is 4.74 Å². The summed E-state index contributed by atoms with van der Waals surface area (Å²) in [4.78, 5) is 30.7. The molecule has 1 rings (SSSR count). The number of amides is 1. The molecule has 0 radical (unpaired) electrons. The van der Waals surface area contributed by atoms with Gasteiger partial charge in [0.1, 0.15) is 0 Å². The standard InChI is InChI=1S/C9H7FN2O6/c10-7(9(14)15)18-6-2-1-4(8(11)13)3-5(6)12(16)17/h1-3,7H,(H2,11,13)(H,14,15). The number of carboxylic acids is 1. The molecule has 3 N–H and O–H groups in total. The number of hydrogen-bond acceptors (Lipinski definition) is 5.